The summed E-state index contributed by atoms with van der Waals surface area (Å²) in [6.07, 6.45) is 6.94. The van der Waals surface area contributed by atoms with E-state index in [1.54, 1.807) is 11.1 Å². The lowest BCUT2D eigenvalue weighted by Gasteiger charge is -2.61. The summed E-state index contributed by atoms with van der Waals surface area (Å²) in [6, 6.07) is 60.9. The molecule has 1 spiro atoms. The first-order valence-corrected chi connectivity index (χ1v) is 21.7. The second-order valence-electron chi connectivity index (χ2n) is 18.2. The zero-order valence-corrected chi connectivity index (χ0v) is 32.8. The number of nitrogens with zero attached hydrogens (tertiary/aromatic N) is 3. The molecule has 0 atom stereocenters. The predicted octanol–water partition coefficient (Wildman–Crippen LogP) is 14.1. The molecule has 5 aliphatic carbocycles. The van der Waals surface area contributed by atoms with Crippen LogP contribution in [0.1, 0.15) is 43.2 Å². The second-order valence-corrected chi connectivity index (χ2v) is 18.2. The van der Waals surface area contributed by atoms with Crippen LogP contribution in [0.4, 0.5) is 0 Å². The topological polar surface area (TPSA) is 30.7 Å². The molecular formula is C56H41N3. The zero-order chi connectivity index (χ0) is 38.4. The Morgan fingerprint density at radius 3 is 1.85 bits per heavy atom. The number of hydrogen-bond donors (Lipinski definition) is 0. The lowest BCUT2D eigenvalue weighted by atomic mass is 9.43. The Morgan fingerprint density at radius 2 is 1.05 bits per heavy atom. The van der Waals surface area contributed by atoms with Crippen molar-refractivity contribution in [2.45, 2.75) is 37.5 Å². The molecule has 59 heavy (non-hydrogen) atoms. The predicted molar refractivity (Wildman–Crippen MR) is 243 cm³/mol. The fourth-order valence-electron chi connectivity index (χ4n) is 13.3. The minimum atomic E-state index is 0.0888. The molecule has 0 radical (unpaired) electrons. The molecule has 8 aromatic carbocycles. The highest BCUT2D eigenvalue weighted by Gasteiger charge is 2.61. The van der Waals surface area contributed by atoms with Gasteiger partial charge in [0.1, 0.15) is 0 Å². The first kappa shape index (κ1) is 32.4. The van der Waals surface area contributed by atoms with E-state index in [9.17, 15) is 0 Å². The minimum absolute atomic E-state index is 0.0888. The van der Waals surface area contributed by atoms with Crippen molar-refractivity contribution in [2.75, 3.05) is 0 Å². The molecule has 4 bridgehead atoms. The van der Waals surface area contributed by atoms with Crippen LogP contribution in [0, 0.1) is 23.7 Å². The highest BCUT2D eigenvalue weighted by atomic mass is 15.2. The summed E-state index contributed by atoms with van der Waals surface area (Å²) >= 11 is 0. The van der Waals surface area contributed by atoms with E-state index in [2.05, 4.69) is 168 Å². The Kier molecular flexibility index (Phi) is 6.46. The highest BCUT2D eigenvalue weighted by Crippen LogP contribution is 2.69. The molecule has 0 saturated heterocycles. The summed E-state index contributed by atoms with van der Waals surface area (Å²) in [5.74, 6) is 3.92. The number of hydrogen-bond acceptors (Lipinski definition) is 2. The molecule has 2 heterocycles. The van der Waals surface area contributed by atoms with Crippen LogP contribution in [-0.2, 0) is 5.41 Å². The van der Waals surface area contributed by atoms with Gasteiger partial charge in [-0.15, -0.1) is 0 Å². The second kappa shape index (κ2) is 11.8. The average Bonchev–Trinajstić information content (AvgIpc) is 3.75. The Hall–Kier alpha value is -6.58. The molecule has 4 fully saturated rings. The van der Waals surface area contributed by atoms with Crippen LogP contribution in [0.25, 0.3) is 93.7 Å². The first-order valence-electron chi connectivity index (χ1n) is 21.7. The molecule has 3 nitrogen and oxygen atoms in total. The molecule has 3 heteroatoms. The third-order valence-electron chi connectivity index (χ3n) is 15.4. The van der Waals surface area contributed by atoms with Crippen LogP contribution in [0.15, 0.2) is 164 Å². The van der Waals surface area contributed by atoms with Gasteiger partial charge >= 0.3 is 0 Å². The quantitative estimate of drug-likeness (QED) is 0.168. The van der Waals surface area contributed by atoms with E-state index in [1.807, 2.05) is 0 Å². The molecule has 2 aromatic heterocycles. The number of fused-ring (bicyclic) bond motifs is 10. The van der Waals surface area contributed by atoms with Crippen molar-refractivity contribution in [3.05, 3.63) is 175 Å². The molecule has 0 unspecified atom stereocenters. The molecule has 280 valence electrons. The van der Waals surface area contributed by atoms with Crippen molar-refractivity contribution < 1.29 is 0 Å². The van der Waals surface area contributed by atoms with Gasteiger partial charge in [-0.3, -0.25) is 4.57 Å². The van der Waals surface area contributed by atoms with E-state index in [0.29, 0.717) is 17.8 Å². The van der Waals surface area contributed by atoms with E-state index >= 15 is 0 Å². The largest absolute Gasteiger partial charge is 0.278 e. The van der Waals surface area contributed by atoms with Crippen LogP contribution in [-0.4, -0.2) is 14.5 Å². The molecule has 10 aromatic rings. The van der Waals surface area contributed by atoms with Crippen LogP contribution in [0.5, 0.6) is 0 Å². The van der Waals surface area contributed by atoms with Crippen LogP contribution >= 0.6 is 0 Å². The first-order chi connectivity index (χ1) is 29.2. The van der Waals surface area contributed by atoms with Crippen LogP contribution < -0.4 is 0 Å². The van der Waals surface area contributed by atoms with E-state index in [0.717, 1.165) is 50.5 Å². The normalized spacial score (nSPS) is 22.6. The monoisotopic (exact) mass is 755 g/mol. The zero-order valence-electron chi connectivity index (χ0n) is 32.8. The summed E-state index contributed by atoms with van der Waals surface area (Å²) in [7, 11) is 0. The van der Waals surface area contributed by atoms with E-state index in [4.69, 9.17) is 9.97 Å². The van der Waals surface area contributed by atoms with Crippen LogP contribution in [0.3, 0.4) is 0 Å². The smallest absolute Gasteiger partial charge is 0.235 e. The number of aromatic nitrogens is 3. The maximum absolute atomic E-state index is 5.72. The standard InChI is InChI=1S/C56H41N3/c1-2-12-35(13-3-1)41-17-8-9-20-44(41)54-45-23-22-36-14-6-7-18-42(36)53(45)57-55(58-54)59-51-30-38-16-5-4-15-37(38)29-47(51)48-31-50-46(32-52(48)59)43-19-10-11-21-49(43)56(50)39-25-33-24-34(27-39)28-40(56)26-33/h1-23,29-34,39-40H,24-28H2. The van der Waals surface area contributed by atoms with Crippen molar-refractivity contribution in [1.29, 1.82) is 0 Å². The van der Waals surface area contributed by atoms with Gasteiger partial charge in [-0.05, 0) is 136 Å². The molecular weight excluding hydrogens is 715 g/mol. The molecule has 0 amide bonds. The molecule has 15 rings (SSSR count). The van der Waals surface area contributed by atoms with Crippen molar-refractivity contribution >= 4 is 54.3 Å². The third-order valence-corrected chi connectivity index (χ3v) is 15.4. The fourth-order valence-corrected chi connectivity index (χ4v) is 13.3. The van der Waals surface area contributed by atoms with Gasteiger partial charge in [-0.1, -0.05) is 133 Å². The van der Waals surface area contributed by atoms with Crippen molar-refractivity contribution in [1.82, 2.24) is 14.5 Å². The summed E-state index contributed by atoms with van der Waals surface area (Å²) in [6.45, 7) is 0. The van der Waals surface area contributed by atoms with E-state index < -0.39 is 0 Å². The molecule has 4 saturated carbocycles. The molecule has 0 aliphatic heterocycles. The summed E-state index contributed by atoms with van der Waals surface area (Å²) in [4.78, 5) is 11.4. The number of benzene rings is 8. The lowest BCUT2D eigenvalue weighted by Crippen LogP contribution is -2.55. The Labute approximate surface area is 343 Å². The van der Waals surface area contributed by atoms with Gasteiger partial charge in [0.25, 0.3) is 0 Å². The van der Waals surface area contributed by atoms with Crippen molar-refractivity contribution in [2.24, 2.45) is 23.7 Å². The Bertz CT molecular complexity index is 3380. The van der Waals surface area contributed by atoms with Gasteiger partial charge in [0.2, 0.25) is 5.95 Å². The van der Waals surface area contributed by atoms with Gasteiger partial charge in [-0.25, -0.2) is 9.97 Å². The highest BCUT2D eigenvalue weighted by molar-refractivity contribution is 6.16. The Balaban J connectivity index is 1.11. The van der Waals surface area contributed by atoms with Crippen molar-refractivity contribution in [3.8, 4) is 39.5 Å². The van der Waals surface area contributed by atoms with E-state index in [-0.39, 0.29) is 5.41 Å². The van der Waals surface area contributed by atoms with Crippen LogP contribution in [0.2, 0.25) is 0 Å². The maximum atomic E-state index is 5.72. The minimum Gasteiger partial charge on any atom is -0.278 e. The molecule has 0 N–H and O–H groups in total. The van der Waals surface area contributed by atoms with Gasteiger partial charge in [0, 0.05) is 32.5 Å². The van der Waals surface area contributed by atoms with Gasteiger partial charge < -0.3 is 0 Å². The lowest BCUT2D eigenvalue weighted by molar-refractivity contribution is -0.0399. The van der Waals surface area contributed by atoms with Gasteiger partial charge in [0.15, 0.2) is 0 Å². The summed E-state index contributed by atoms with van der Waals surface area (Å²) < 4.78 is 2.40. The third kappa shape index (κ3) is 4.32. The Morgan fingerprint density at radius 1 is 0.424 bits per heavy atom. The number of rotatable bonds is 3. The summed E-state index contributed by atoms with van der Waals surface area (Å²) in [5, 5.41) is 8.42. The van der Waals surface area contributed by atoms with Crippen molar-refractivity contribution in [3.63, 3.8) is 0 Å². The van der Waals surface area contributed by atoms with Gasteiger partial charge in [-0.2, -0.15) is 0 Å². The SMILES string of the molecule is c1ccc(-c2ccccc2-c2nc(-n3c4cc5c(cc4c4cc6ccccc6cc43)C3(c4ccccc4-5)C4CC5CC(C4)CC3C5)nc3c2ccc2ccccc23)cc1. The van der Waals surface area contributed by atoms with E-state index in [1.165, 1.54) is 81.2 Å². The van der Waals surface area contributed by atoms with Gasteiger partial charge in [0.05, 0.1) is 22.2 Å². The maximum Gasteiger partial charge on any atom is 0.235 e. The fraction of sp³-hybridized carbons (Fsp3) is 0.179. The molecule has 5 aliphatic rings. The summed E-state index contributed by atoms with van der Waals surface area (Å²) in [5.41, 5.74) is 13.8. The average molecular weight is 756 g/mol.